The van der Waals surface area contributed by atoms with E-state index in [0.717, 1.165) is 0 Å². The third-order valence-corrected chi connectivity index (χ3v) is 2.31. The number of carbonyl (C=O) groups is 1. The van der Waals surface area contributed by atoms with E-state index in [-0.39, 0.29) is 12.1 Å². The average molecular weight is 250 g/mol. The van der Waals surface area contributed by atoms with Crippen LogP contribution in [0.3, 0.4) is 0 Å². The molecule has 0 amide bonds. The van der Waals surface area contributed by atoms with Gasteiger partial charge in [0.15, 0.2) is 0 Å². The number of carboxylic acid groups (broad SMARTS) is 1. The SMILES string of the molecule is C=CCC(Nc1cc(C)cc([N+](=O)[O-])c1)C(=O)O. The van der Waals surface area contributed by atoms with E-state index in [9.17, 15) is 14.9 Å². The van der Waals surface area contributed by atoms with Crippen molar-refractivity contribution in [1.82, 2.24) is 0 Å². The predicted molar refractivity (Wildman–Crippen MR) is 67.7 cm³/mol. The number of aliphatic carboxylic acids is 1. The number of nitro groups is 1. The number of hydrogen-bond acceptors (Lipinski definition) is 4. The van der Waals surface area contributed by atoms with Crippen molar-refractivity contribution in [3.8, 4) is 0 Å². The summed E-state index contributed by atoms with van der Waals surface area (Å²) in [5, 5.41) is 22.4. The lowest BCUT2D eigenvalue weighted by atomic mass is 10.1. The van der Waals surface area contributed by atoms with Crippen LogP contribution < -0.4 is 5.32 Å². The van der Waals surface area contributed by atoms with Crippen LogP contribution in [0.4, 0.5) is 11.4 Å². The monoisotopic (exact) mass is 250 g/mol. The molecule has 0 saturated carbocycles. The van der Waals surface area contributed by atoms with Crippen molar-refractivity contribution in [3.63, 3.8) is 0 Å². The molecule has 18 heavy (non-hydrogen) atoms. The van der Waals surface area contributed by atoms with Crippen molar-refractivity contribution in [2.75, 3.05) is 5.32 Å². The van der Waals surface area contributed by atoms with Crippen LogP contribution in [0.15, 0.2) is 30.9 Å². The van der Waals surface area contributed by atoms with Gasteiger partial charge in [0, 0.05) is 17.8 Å². The zero-order valence-electron chi connectivity index (χ0n) is 9.92. The maximum Gasteiger partial charge on any atom is 0.326 e. The summed E-state index contributed by atoms with van der Waals surface area (Å²) >= 11 is 0. The van der Waals surface area contributed by atoms with Crippen molar-refractivity contribution < 1.29 is 14.8 Å². The van der Waals surface area contributed by atoms with Crippen molar-refractivity contribution in [2.24, 2.45) is 0 Å². The molecule has 0 aliphatic carbocycles. The Morgan fingerprint density at radius 1 is 1.61 bits per heavy atom. The molecule has 0 fully saturated rings. The lowest BCUT2D eigenvalue weighted by Gasteiger charge is -2.14. The molecule has 1 aromatic rings. The summed E-state index contributed by atoms with van der Waals surface area (Å²) in [6.07, 6.45) is 1.72. The Morgan fingerprint density at radius 2 is 2.28 bits per heavy atom. The molecule has 0 aliphatic heterocycles. The second-order valence-electron chi connectivity index (χ2n) is 3.87. The molecule has 6 heteroatoms. The molecule has 1 aromatic carbocycles. The lowest BCUT2D eigenvalue weighted by Crippen LogP contribution is -2.28. The number of nitrogens with one attached hydrogen (secondary N) is 1. The van der Waals surface area contributed by atoms with Gasteiger partial charge in [-0.2, -0.15) is 0 Å². The highest BCUT2D eigenvalue weighted by molar-refractivity contribution is 5.77. The first kappa shape index (κ1) is 13.7. The molecule has 0 radical (unpaired) electrons. The largest absolute Gasteiger partial charge is 0.480 e. The molecule has 1 atom stereocenters. The minimum Gasteiger partial charge on any atom is -0.480 e. The van der Waals surface area contributed by atoms with Gasteiger partial charge in [-0.25, -0.2) is 4.79 Å². The number of nitrogens with zero attached hydrogens (tertiary/aromatic N) is 1. The van der Waals surface area contributed by atoms with Gasteiger partial charge in [-0.3, -0.25) is 10.1 Å². The Hall–Kier alpha value is -2.37. The molecule has 0 heterocycles. The second-order valence-corrected chi connectivity index (χ2v) is 3.87. The Balaban J connectivity index is 2.98. The zero-order chi connectivity index (χ0) is 13.7. The highest BCUT2D eigenvalue weighted by Crippen LogP contribution is 2.21. The quantitative estimate of drug-likeness (QED) is 0.459. The van der Waals surface area contributed by atoms with Crippen LogP contribution in [-0.2, 0) is 4.79 Å². The van der Waals surface area contributed by atoms with Gasteiger partial charge in [0.25, 0.3) is 5.69 Å². The van der Waals surface area contributed by atoms with Crippen LogP contribution in [0, 0.1) is 17.0 Å². The normalized spacial score (nSPS) is 11.6. The summed E-state index contributed by atoms with van der Waals surface area (Å²) in [6, 6.07) is 3.55. The van der Waals surface area contributed by atoms with Crippen LogP contribution in [0.25, 0.3) is 0 Å². The molecule has 2 N–H and O–H groups in total. The number of aryl methyl sites for hydroxylation is 1. The summed E-state index contributed by atoms with van der Waals surface area (Å²) in [4.78, 5) is 21.1. The molecule has 0 bridgehead atoms. The summed E-state index contributed by atoms with van der Waals surface area (Å²) in [7, 11) is 0. The summed E-state index contributed by atoms with van der Waals surface area (Å²) < 4.78 is 0. The highest BCUT2D eigenvalue weighted by atomic mass is 16.6. The smallest absolute Gasteiger partial charge is 0.326 e. The van der Waals surface area contributed by atoms with Gasteiger partial charge in [-0.05, 0) is 25.0 Å². The van der Waals surface area contributed by atoms with Crippen LogP contribution in [0.2, 0.25) is 0 Å². The fourth-order valence-corrected chi connectivity index (χ4v) is 1.54. The van der Waals surface area contributed by atoms with E-state index in [4.69, 9.17) is 5.11 Å². The van der Waals surface area contributed by atoms with Crippen LogP contribution >= 0.6 is 0 Å². The molecular weight excluding hydrogens is 236 g/mol. The first-order valence-corrected chi connectivity index (χ1v) is 5.30. The molecule has 96 valence electrons. The third-order valence-electron chi connectivity index (χ3n) is 2.31. The van der Waals surface area contributed by atoms with E-state index in [1.54, 1.807) is 13.0 Å². The standard InChI is InChI=1S/C12H14N2O4/c1-3-4-11(12(15)16)13-9-5-8(2)6-10(7-9)14(17)18/h3,5-7,11,13H,1,4H2,2H3,(H,15,16). The van der Waals surface area contributed by atoms with Gasteiger partial charge < -0.3 is 10.4 Å². The van der Waals surface area contributed by atoms with Crippen LogP contribution in [0.1, 0.15) is 12.0 Å². The summed E-state index contributed by atoms with van der Waals surface area (Å²) in [6.45, 7) is 5.19. The first-order valence-electron chi connectivity index (χ1n) is 5.30. The Labute approximate surface area is 104 Å². The minimum absolute atomic E-state index is 0.0692. The molecular formula is C12H14N2O4. The van der Waals surface area contributed by atoms with Crippen LogP contribution in [-0.4, -0.2) is 22.0 Å². The number of benzene rings is 1. The third kappa shape index (κ3) is 3.58. The fourth-order valence-electron chi connectivity index (χ4n) is 1.54. The van der Waals surface area contributed by atoms with E-state index in [1.807, 2.05) is 0 Å². The molecule has 1 rings (SSSR count). The van der Waals surface area contributed by atoms with Gasteiger partial charge in [0.1, 0.15) is 6.04 Å². The molecule has 0 aromatic heterocycles. The molecule has 0 saturated heterocycles. The van der Waals surface area contributed by atoms with Gasteiger partial charge in [-0.1, -0.05) is 6.08 Å². The number of nitro benzene ring substituents is 1. The maximum absolute atomic E-state index is 11.0. The van der Waals surface area contributed by atoms with Crippen molar-refractivity contribution >= 4 is 17.3 Å². The van der Waals surface area contributed by atoms with E-state index < -0.39 is 16.9 Å². The van der Waals surface area contributed by atoms with Crippen molar-refractivity contribution in [2.45, 2.75) is 19.4 Å². The van der Waals surface area contributed by atoms with Crippen molar-refractivity contribution in [3.05, 3.63) is 46.5 Å². The van der Waals surface area contributed by atoms with Crippen LogP contribution in [0.5, 0.6) is 0 Å². The molecule has 0 spiro atoms. The fraction of sp³-hybridized carbons (Fsp3) is 0.250. The average Bonchev–Trinajstić information content (AvgIpc) is 2.27. The number of non-ortho nitro benzene ring substituents is 1. The molecule has 6 nitrogen and oxygen atoms in total. The van der Waals surface area contributed by atoms with Gasteiger partial charge in [-0.15, -0.1) is 6.58 Å². The second kappa shape index (κ2) is 5.81. The Kier molecular flexibility index (Phi) is 4.42. The van der Waals surface area contributed by atoms with Gasteiger partial charge in [0.05, 0.1) is 4.92 Å². The molecule has 0 aliphatic rings. The summed E-state index contributed by atoms with van der Waals surface area (Å²) in [5.74, 6) is -1.03. The number of rotatable bonds is 6. The van der Waals surface area contributed by atoms with Crippen molar-refractivity contribution in [1.29, 1.82) is 0 Å². The number of carboxylic acids is 1. The van der Waals surface area contributed by atoms with Gasteiger partial charge >= 0.3 is 5.97 Å². The van der Waals surface area contributed by atoms with Gasteiger partial charge in [0.2, 0.25) is 0 Å². The Morgan fingerprint density at radius 3 is 2.78 bits per heavy atom. The van der Waals surface area contributed by atoms with E-state index in [1.165, 1.54) is 18.2 Å². The van der Waals surface area contributed by atoms with E-state index >= 15 is 0 Å². The van der Waals surface area contributed by atoms with E-state index in [0.29, 0.717) is 11.3 Å². The minimum atomic E-state index is -1.03. The topological polar surface area (TPSA) is 92.5 Å². The predicted octanol–water partition coefficient (Wildman–Crippen LogP) is 2.34. The molecule has 1 unspecified atom stereocenters. The highest BCUT2D eigenvalue weighted by Gasteiger charge is 2.17. The number of anilines is 1. The number of hydrogen-bond donors (Lipinski definition) is 2. The maximum atomic E-state index is 11.0. The zero-order valence-corrected chi connectivity index (χ0v) is 9.92. The Bertz CT molecular complexity index is 485. The summed E-state index contributed by atoms with van der Waals surface area (Å²) in [5.41, 5.74) is 1.03. The van der Waals surface area contributed by atoms with E-state index in [2.05, 4.69) is 11.9 Å². The lowest BCUT2D eigenvalue weighted by molar-refractivity contribution is -0.384. The first-order chi connectivity index (χ1) is 8.43.